The van der Waals surface area contributed by atoms with Crippen molar-refractivity contribution >= 4 is 5.91 Å². The van der Waals surface area contributed by atoms with Gasteiger partial charge < -0.3 is 20.5 Å². The van der Waals surface area contributed by atoms with Gasteiger partial charge in [0.25, 0.3) is 0 Å². The quantitative estimate of drug-likeness (QED) is 0.621. The van der Waals surface area contributed by atoms with Gasteiger partial charge in [-0.15, -0.1) is 0 Å². The molecule has 1 rings (SSSR count). The molecule has 0 saturated carbocycles. The number of amides is 1. The fraction of sp³-hybridized carbons (Fsp3) is 0.500. The van der Waals surface area contributed by atoms with Gasteiger partial charge >= 0.3 is 0 Å². The van der Waals surface area contributed by atoms with E-state index in [0.717, 1.165) is 30.9 Å². The number of carbonyl (C=O) groups is 1. The molecule has 0 heterocycles. The minimum atomic E-state index is -0.444. The lowest BCUT2D eigenvalue weighted by atomic mass is 10.2. The molecule has 3 N–H and O–H groups in total. The monoisotopic (exact) mass is 266 g/mol. The summed E-state index contributed by atoms with van der Waals surface area (Å²) in [5, 5.41) is 3.23. The minimum absolute atomic E-state index is 0.0258. The van der Waals surface area contributed by atoms with Crippen LogP contribution >= 0.6 is 0 Å². The Morgan fingerprint density at radius 1 is 1.37 bits per heavy atom. The van der Waals surface area contributed by atoms with E-state index in [1.54, 1.807) is 0 Å². The van der Waals surface area contributed by atoms with Crippen LogP contribution in [0.5, 0.6) is 5.75 Å². The third-order valence-corrected chi connectivity index (χ3v) is 2.37. The number of ether oxygens (including phenoxy) is 2. The number of primary amides is 1. The molecular weight excluding hydrogens is 244 g/mol. The van der Waals surface area contributed by atoms with Crippen LogP contribution in [0.2, 0.25) is 0 Å². The molecule has 5 nitrogen and oxygen atoms in total. The van der Waals surface area contributed by atoms with Crippen molar-refractivity contribution in [2.45, 2.75) is 19.9 Å². The molecule has 1 aromatic rings. The SMILES string of the molecule is CCCOc1cccc(CNCCOCC(N)=O)c1. The van der Waals surface area contributed by atoms with Crippen molar-refractivity contribution in [3.63, 3.8) is 0 Å². The predicted octanol–water partition coefficient (Wildman–Crippen LogP) is 1.07. The van der Waals surface area contributed by atoms with Crippen LogP contribution in [0.25, 0.3) is 0 Å². The summed E-state index contributed by atoms with van der Waals surface area (Å²) in [6.45, 7) is 4.67. The summed E-state index contributed by atoms with van der Waals surface area (Å²) in [6.07, 6.45) is 1.000. The van der Waals surface area contributed by atoms with Crippen molar-refractivity contribution < 1.29 is 14.3 Å². The smallest absolute Gasteiger partial charge is 0.243 e. The highest BCUT2D eigenvalue weighted by molar-refractivity contribution is 5.74. The average Bonchev–Trinajstić information content (AvgIpc) is 2.40. The first-order chi connectivity index (χ1) is 9.22. The summed E-state index contributed by atoms with van der Waals surface area (Å²) in [5.74, 6) is 0.451. The second-order valence-electron chi connectivity index (χ2n) is 4.19. The lowest BCUT2D eigenvalue weighted by Gasteiger charge is -2.08. The molecule has 106 valence electrons. The third kappa shape index (κ3) is 7.43. The van der Waals surface area contributed by atoms with Crippen molar-refractivity contribution in [3.05, 3.63) is 29.8 Å². The number of rotatable bonds is 10. The standard InChI is InChI=1S/C14H22N2O3/c1-2-7-19-13-5-3-4-12(9-13)10-16-6-8-18-11-14(15)17/h3-5,9,16H,2,6-8,10-11H2,1H3,(H2,15,17). The minimum Gasteiger partial charge on any atom is -0.494 e. The molecule has 0 aliphatic rings. The molecule has 0 spiro atoms. The van der Waals surface area contributed by atoms with Gasteiger partial charge in [0.05, 0.1) is 13.2 Å². The Morgan fingerprint density at radius 3 is 2.95 bits per heavy atom. The van der Waals surface area contributed by atoms with Gasteiger partial charge in [0, 0.05) is 13.1 Å². The lowest BCUT2D eigenvalue weighted by molar-refractivity contribution is -0.122. The van der Waals surface area contributed by atoms with Crippen LogP contribution in [0.1, 0.15) is 18.9 Å². The average molecular weight is 266 g/mol. The van der Waals surface area contributed by atoms with Crippen molar-refractivity contribution in [1.82, 2.24) is 5.32 Å². The number of nitrogens with two attached hydrogens (primary N) is 1. The fourth-order valence-electron chi connectivity index (χ4n) is 1.51. The van der Waals surface area contributed by atoms with E-state index >= 15 is 0 Å². The Kier molecular flexibility index (Phi) is 7.62. The summed E-state index contributed by atoms with van der Waals surface area (Å²) in [5.41, 5.74) is 6.11. The Morgan fingerprint density at radius 2 is 2.21 bits per heavy atom. The van der Waals surface area contributed by atoms with E-state index in [9.17, 15) is 4.79 Å². The normalized spacial score (nSPS) is 10.4. The molecule has 0 atom stereocenters. The van der Waals surface area contributed by atoms with Gasteiger partial charge in [-0.2, -0.15) is 0 Å². The molecule has 1 amide bonds. The molecular formula is C14H22N2O3. The molecule has 0 bridgehead atoms. The van der Waals surface area contributed by atoms with Gasteiger partial charge in [-0.3, -0.25) is 4.79 Å². The van der Waals surface area contributed by atoms with E-state index < -0.39 is 5.91 Å². The fourth-order valence-corrected chi connectivity index (χ4v) is 1.51. The highest BCUT2D eigenvalue weighted by Gasteiger charge is 1.97. The van der Waals surface area contributed by atoms with Crippen LogP contribution in [-0.2, 0) is 16.1 Å². The molecule has 19 heavy (non-hydrogen) atoms. The van der Waals surface area contributed by atoms with Crippen LogP contribution in [0, 0.1) is 0 Å². The number of benzene rings is 1. The molecule has 0 aromatic heterocycles. The topological polar surface area (TPSA) is 73.6 Å². The van der Waals surface area contributed by atoms with E-state index in [1.165, 1.54) is 0 Å². The van der Waals surface area contributed by atoms with E-state index in [-0.39, 0.29) is 6.61 Å². The zero-order chi connectivity index (χ0) is 13.9. The van der Waals surface area contributed by atoms with Crippen molar-refractivity contribution in [2.75, 3.05) is 26.4 Å². The zero-order valence-electron chi connectivity index (χ0n) is 11.4. The van der Waals surface area contributed by atoms with Gasteiger partial charge in [-0.05, 0) is 24.1 Å². The van der Waals surface area contributed by atoms with Gasteiger partial charge in [0.15, 0.2) is 0 Å². The van der Waals surface area contributed by atoms with E-state index in [1.807, 2.05) is 24.3 Å². The molecule has 0 fully saturated rings. The maximum Gasteiger partial charge on any atom is 0.243 e. The number of hydrogen-bond acceptors (Lipinski definition) is 4. The number of carbonyl (C=O) groups excluding carboxylic acids is 1. The van der Waals surface area contributed by atoms with Gasteiger partial charge in [0.1, 0.15) is 12.4 Å². The molecule has 5 heteroatoms. The van der Waals surface area contributed by atoms with Crippen LogP contribution in [0.4, 0.5) is 0 Å². The lowest BCUT2D eigenvalue weighted by Crippen LogP contribution is -2.23. The Balaban J connectivity index is 2.19. The first kappa shape index (κ1) is 15.5. The highest BCUT2D eigenvalue weighted by Crippen LogP contribution is 2.13. The molecule has 0 unspecified atom stereocenters. The predicted molar refractivity (Wildman–Crippen MR) is 73.9 cm³/mol. The van der Waals surface area contributed by atoms with Gasteiger partial charge in [-0.1, -0.05) is 19.1 Å². The van der Waals surface area contributed by atoms with E-state index in [2.05, 4.69) is 12.2 Å². The van der Waals surface area contributed by atoms with Crippen molar-refractivity contribution in [2.24, 2.45) is 5.73 Å². The van der Waals surface area contributed by atoms with Gasteiger partial charge in [-0.25, -0.2) is 0 Å². The first-order valence-electron chi connectivity index (χ1n) is 6.51. The summed E-state index contributed by atoms with van der Waals surface area (Å²) in [7, 11) is 0. The Bertz CT molecular complexity index is 383. The highest BCUT2D eigenvalue weighted by atomic mass is 16.5. The zero-order valence-corrected chi connectivity index (χ0v) is 11.4. The summed E-state index contributed by atoms with van der Waals surface area (Å²) in [6, 6.07) is 7.99. The molecule has 0 aliphatic heterocycles. The summed E-state index contributed by atoms with van der Waals surface area (Å²) in [4.78, 5) is 10.4. The summed E-state index contributed by atoms with van der Waals surface area (Å²) >= 11 is 0. The van der Waals surface area contributed by atoms with E-state index in [0.29, 0.717) is 13.2 Å². The Labute approximate surface area is 114 Å². The van der Waals surface area contributed by atoms with Crippen LogP contribution in [0.3, 0.4) is 0 Å². The number of hydrogen-bond donors (Lipinski definition) is 2. The van der Waals surface area contributed by atoms with Crippen LogP contribution in [0.15, 0.2) is 24.3 Å². The molecule has 0 radical (unpaired) electrons. The van der Waals surface area contributed by atoms with Crippen molar-refractivity contribution in [1.29, 1.82) is 0 Å². The Hall–Kier alpha value is -1.59. The number of nitrogens with one attached hydrogen (secondary N) is 1. The molecule has 0 aliphatic carbocycles. The van der Waals surface area contributed by atoms with E-state index in [4.69, 9.17) is 15.2 Å². The third-order valence-electron chi connectivity index (χ3n) is 2.37. The molecule has 0 saturated heterocycles. The first-order valence-corrected chi connectivity index (χ1v) is 6.51. The second-order valence-corrected chi connectivity index (χ2v) is 4.19. The summed E-state index contributed by atoms with van der Waals surface area (Å²) < 4.78 is 10.6. The van der Waals surface area contributed by atoms with Gasteiger partial charge in [0.2, 0.25) is 5.91 Å². The van der Waals surface area contributed by atoms with Crippen LogP contribution in [-0.4, -0.2) is 32.3 Å². The maximum atomic E-state index is 10.4. The van der Waals surface area contributed by atoms with Crippen LogP contribution < -0.4 is 15.8 Å². The van der Waals surface area contributed by atoms with Crippen molar-refractivity contribution in [3.8, 4) is 5.75 Å². The maximum absolute atomic E-state index is 10.4. The largest absolute Gasteiger partial charge is 0.494 e. The molecule has 1 aromatic carbocycles. The second kappa shape index (κ2) is 9.35.